The van der Waals surface area contributed by atoms with Crippen molar-refractivity contribution < 1.29 is 14.6 Å². The summed E-state index contributed by atoms with van der Waals surface area (Å²) in [7, 11) is 0. The number of hydrogen-bond donors (Lipinski definition) is 1. The third kappa shape index (κ3) is 2.34. The number of carboxylic acid groups (broad SMARTS) is 1. The Balaban J connectivity index is 2.13. The maximum absolute atomic E-state index is 10.3. The number of rotatable bonds is 4. The number of fused-ring (bicyclic) bond motifs is 1. The van der Waals surface area contributed by atoms with Crippen LogP contribution < -0.4 is 0 Å². The molecule has 0 unspecified atom stereocenters. The summed E-state index contributed by atoms with van der Waals surface area (Å²) in [4.78, 5) is 10.3. The van der Waals surface area contributed by atoms with Gasteiger partial charge in [0.2, 0.25) is 0 Å². The van der Waals surface area contributed by atoms with Gasteiger partial charge in [0.25, 0.3) is 0 Å². The summed E-state index contributed by atoms with van der Waals surface area (Å²) < 4.78 is 6.26. The van der Waals surface area contributed by atoms with Crippen LogP contribution in [0, 0.1) is 0 Å². The molecule has 0 bridgehead atoms. The number of ether oxygens (including phenoxy) is 1. The molecule has 1 aromatic carbocycles. The van der Waals surface area contributed by atoms with E-state index in [4.69, 9.17) is 9.84 Å². The number of benzene rings is 1. The number of aliphatic carboxylic acids is 1. The third-order valence-corrected chi connectivity index (χ3v) is 2.95. The second-order valence-electron chi connectivity index (χ2n) is 3.14. The van der Waals surface area contributed by atoms with E-state index in [1.807, 2.05) is 29.6 Å². The molecule has 2 aromatic rings. The molecule has 0 atom stereocenters. The van der Waals surface area contributed by atoms with Gasteiger partial charge >= 0.3 is 5.97 Å². The molecule has 2 rings (SSSR count). The van der Waals surface area contributed by atoms with E-state index in [1.165, 1.54) is 4.70 Å². The first-order valence-corrected chi connectivity index (χ1v) is 5.40. The second-order valence-corrected chi connectivity index (χ2v) is 4.08. The summed E-state index contributed by atoms with van der Waals surface area (Å²) in [6, 6.07) is 7.98. The van der Waals surface area contributed by atoms with Gasteiger partial charge in [-0.3, -0.25) is 0 Å². The highest BCUT2D eigenvalue weighted by Gasteiger charge is 2.03. The Morgan fingerprint density at radius 1 is 1.40 bits per heavy atom. The van der Waals surface area contributed by atoms with Crippen LogP contribution >= 0.6 is 11.3 Å². The van der Waals surface area contributed by atoms with Crippen LogP contribution in [0.5, 0.6) is 0 Å². The first kappa shape index (κ1) is 10.1. The Bertz CT molecular complexity index is 475. The molecule has 0 saturated carbocycles. The molecule has 15 heavy (non-hydrogen) atoms. The quantitative estimate of drug-likeness (QED) is 0.864. The molecule has 3 nitrogen and oxygen atoms in total. The average molecular weight is 222 g/mol. The van der Waals surface area contributed by atoms with Crippen molar-refractivity contribution in [3.8, 4) is 0 Å². The van der Waals surface area contributed by atoms with Gasteiger partial charge in [-0.1, -0.05) is 12.1 Å². The van der Waals surface area contributed by atoms with Gasteiger partial charge in [-0.25, -0.2) is 4.79 Å². The normalized spacial score (nSPS) is 10.7. The van der Waals surface area contributed by atoms with Gasteiger partial charge in [-0.15, -0.1) is 11.3 Å². The Morgan fingerprint density at radius 2 is 2.27 bits per heavy atom. The molecule has 0 saturated heterocycles. The minimum Gasteiger partial charge on any atom is -0.480 e. The standard InChI is InChI=1S/C11H10O3S/c12-11(13)7-14-6-8-2-1-3-10-9(8)4-5-15-10/h1-5H,6-7H2,(H,12,13). The fourth-order valence-electron chi connectivity index (χ4n) is 1.43. The minimum absolute atomic E-state index is 0.249. The lowest BCUT2D eigenvalue weighted by Crippen LogP contribution is -2.06. The molecule has 4 heteroatoms. The minimum atomic E-state index is -0.938. The van der Waals surface area contributed by atoms with Gasteiger partial charge < -0.3 is 9.84 Å². The zero-order valence-corrected chi connectivity index (χ0v) is 8.79. The smallest absolute Gasteiger partial charge is 0.329 e. The molecule has 1 aromatic heterocycles. The summed E-state index contributed by atoms with van der Waals surface area (Å²) in [5, 5.41) is 11.6. The average Bonchev–Trinajstić information content (AvgIpc) is 2.65. The van der Waals surface area contributed by atoms with E-state index in [9.17, 15) is 4.79 Å². The SMILES string of the molecule is O=C(O)COCc1cccc2sccc12. The zero-order chi connectivity index (χ0) is 10.7. The predicted octanol–water partition coefficient (Wildman–Crippen LogP) is 2.50. The Labute approximate surface area is 90.9 Å². The summed E-state index contributed by atoms with van der Waals surface area (Å²) in [6.07, 6.45) is 0. The second kappa shape index (κ2) is 4.42. The maximum Gasteiger partial charge on any atom is 0.329 e. The Morgan fingerprint density at radius 3 is 3.07 bits per heavy atom. The molecule has 0 amide bonds. The van der Waals surface area contributed by atoms with Crippen LogP contribution in [0.3, 0.4) is 0 Å². The fraction of sp³-hybridized carbons (Fsp3) is 0.182. The number of carboxylic acids is 1. The largest absolute Gasteiger partial charge is 0.480 e. The molecule has 0 aliphatic rings. The number of hydrogen-bond acceptors (Lipinski definition) is 3. The lowest BCUT2D eigenvalue weighted by molar-refractivity contribution is -0.142. The molecule has 0 spiro atoms. The van der Waals surface area contributed by atoms with Gasteiger partial charge in [-0.2, -0.15) is 0 Å². The van der Waals surface area contributed by atoms with Crippen LogP contribution in [0.15, 0.2) is 29.6 Å². The van der Waals surface area contributed by atoms with E-state index in [0.29, 0.717) is 6.61 Å². The van der Waals surface area contributed by atoms with E-state index in [0.717, 1.165) is 10.9 Å². The summed E-state index contributed by atoms with van der Waals surface area (Å²) in [5.74, 6) is -0.938. The monoisotopic (exact) mass is 222 g/mol. The maximum atomic E-state index is 10.3. The van der Waals surface area contributed by atoms with Crippen LogP contribution in [-0.4, -0.2) is 17.7 Å². The van der Waals surface area contributed by atoms with Crippen molar-refractivity contribution in [2.24, 2.45) is 0 Å². The van der Waals surface area contributed by atoms with Gasteiger partial charge in [-0.05, 0) is 28.5 Å². The third-order valence-electron chi connectivity index (χ3n) is 2.07. The molecule has 0 aliphatic carbocycles. The van der Waals surface area contributed by atoms with E-state index >= 15 is 0 Å². The topological polar surface area (TPSA) is 46.5 Å². The van der Waals surface area contributed by atoms with Gasteiger partial charge in [0.15, 0.2) is 0 Å². The highest BCUT2D eigenvalue weighted by molar-refractivity contribution is 7.17. The van der Waals surface area contributed by atoms with Crippen LogP contribution in [0.4, 0.5) is 0 Å². The van der Waals surface area contributed by atoms with Crippen LogP contribution in [0.2, 0.25) is 0 Å². The zero-order valence-electron chi connectivity index (χ0n) is 7.97. The highest BCUT2D eigenvalue weighted by atomic mass is 32.1. The molecule has 0 radical (unpaired) electrons. The lowest BCUT2D eigenvalue weighted by Gasteiger charge is -2.03. The van der Waals surface area contributed by atoms with Crippen LogP contribution in [-0.2, 0) is 16.1 Å². The predicted molar refractivity (Wildman–Crippen MR) is 59.1 cm³/mol. The number of thiophene rings is 1. The molecule has 78 valence electrons. The lowest BCUT2D eigenvalue weighted by atomic mass is 10.1. The van der Waals surface area contributed by atoms with Crippen molar-refractivity contribution in [2.75, 3.05) is 6.61 Å². The fourth-order valence-corrected chi connectivity index (χ4v) is 2.26. The van der Waals surface area contributed by atoms with E-state index in [2.05, 4.69) is 0 Å². The van der Waals surface area contributed by atoms with Gasteiger partial charge in [0.05, 0.1) is 6.61 Å². The van der Waals surface area contributed by atoms with Gasteiger partial charge in [0, 0.05) is 4.70 Å². The molecular formula is C11H10O3S. The molecular weight excluding hydrogens is 212 g/mol. The molecule has 0 aliphatic heterocycles. The van der Waals surface area contributed by atoms with E-state index in [-0.39, 0.29) is 6.61 Å². The van der Waals surface area contributed by atoms with Crippen LogP contribution in [0.25, 0.3) is 10.1 Å². The Kier molecular flexibility index (Phi) is 2.99. The van der Waals surface area contributed by atoms with Crippen molar-refractivity contribution in [1.29, 1.82) is 0 Å². The van der Waals surface area contributed by atoms with Crippen molar-refractivity contribution in [3.63, 3.8) is 0 Å². The van der Waals surface area contributed by atoms with Crippen LogP contribution in [0.1, 0.15) is 5.56 Å². The first-order chi connectivity index (χ1) is 7.27. The summed E-state index contributed by atoms with van der Waals surface area (Å²) in [5.41, 5.74) is 1.04. The van der Waals surface area contributed by atoms with Crippen molar-refractivity contribution in [3.05, 3.63) is 35.2 Å². The van der Waals surface area contributed by atoms with E-state index < -0.39 is 5.97 Å². The first-order valence-electron chi connectivity index (χ1n) is 4.52. The van der Waals surface area contributed by atoms with E-state index in [1.54, 1.807) is 11.3 Å². The number of carbonyl (C=O) groups is 1. The summed E-state index contributed by atoms with van der Waals surface area (Å²) >= 11 is 1.67. The highest BCUT2D eigenvalue weighted by Crippen LogP contribution is 2.24. The summed E-state index contributed by atoms with van der Waals surface area (Å²) in [6.45, 7) is 0.0981. The van der Waals surface area contributed by atoms with Gasteiger partial charge in [0.1, 0.15) is 6.61 Å². The molecule has 0 fully saturated rings. The van der Waals surface area contributed by atoms with Crippen molar-refractivity contribution in [2.45, 2.75) is 6.61 Å². The van der Waals surface area contributed by atoms with Crippen molar-refractivity contribution in [1.82, 2.24) is 0 Å². The van der Waals surface area contributed by atoms with Crippen molar-refractivity contribution >= 4 is 27.4 Å². The molecule has 1 heterocycles. The Hall–Kier alpha value is -1.39. The molecule has 1 N–H and O–H groups in total.